The number of allylic oxidation sites excluding steroid dienone is 1. The van der Waals surface area contributed by atoms with E-state index in [0.29, 0.717) is 80.7 Å². The summed E-state index contributed by atoms with van der Waals surface area (Å²) in [5.74, 6) is 1.46. The first-order valence-electron chi connectivity index (χ1n) is 22.6. The predicted octanol–water partition coefficient (Wildman–Crippen LogP) is 8.48. The Morgan fingerprint density at radius 2 is 1.32 bits per heavy atom. The number of nitrogens with zero attached hydrogens (tertiary/aromatic N) is 4. The fraction of sp³-hybridized carbons (Fsp3) is 0.420. The van der Waals surface area contributed by atoms with Gasteiger partial charge in [0.1, 0.15) is 28.6 Å². The van der Waals surface area contributed by atoms with Gasteiger partial charge in [0.25, 0.3) is 11.8 Å². The minimum absolute atomic E-state index is 0.000733. The van der Waals surface area contributed by atoms with Gasteiger partial charge in [0.05, 0.1) is 39.6 Å². The smallest absolute Gasteiger partial charge is 0.355 e. The molecule has 2 aromatic heterocycles. The second kappa shape index (κ2) is 24.0. The van der Waals surface area contributed by atoms with Crippen molar-refractivity contribution in [3.05, 3.63) is 125 Å². The first-order valence-corrected chi connectivity index (χ1v) is 25.6. The van der Waals surface area contributed by atoms with Crippen molar-refractivity contribution >= 4 is 62.6 Å². The SMILES string of the molecule is Cc1cc(C(=O)N2CCC(O)(CC(=O)CC(=O)c3cccnc3)CC2)ccc1OC(C)C.Cc1cc(C(=O)N2CCC3(CC2)CC(=O)C=C(c2cccnc2)O3)ccc1OC(C)C.[3H][P+](P)=S. The predicted molar refractivity (Wildman–Crippen MR) is 263 cm³/mol. The minimum atomic E-state index is -1.20. The zero-order valence-corrected chi connectivity index (χ0v) is 41.4. The number of Topliss-reactive ketones (excluding diaryl/α,β-unsaturated/α-hetero) is 2. The van der Waals surface area contributed by atoms with Crippen LogP contribution in [0.5, 0.6) is 11.5 Å². The normalized spacial score (nSPS) is 16.6. The maximum atomic E-state index is 13.1. The highest BCUT2D eigenvalue weighted by atomic mass is 32.6. The van der Waals surface area contributed by atoms with Crippen molar-refractivity contribution in [3.63, 3.8) is 0 Å². The summed E-state index contributed by atoms with van der Waals surface area (Å²) in [5.41, 5.74) is 2.49. The number of amides is 2. The van der Waals surface area contributed by atoms with Crippen molar-refractivity contribution in [2.75, 3.05) is 26.2 Å². The van der Waals surface area contributed by atoms with Crippen molar-refractivity contribution in [1.82, 2.24) is 19.8 Å². The topological polar surface area (TPSA) is 166 Å². The summed E-state index contributed by atoms with van der Waals surface area (Å²) in [6.45, 7) is 12.7. The number of aromatic nitrogens is 2. The average Bonchev–Trinajstić information content (AvgIpc) is 3.28. The molecule has 16 heteroatoms. The third-order valence-electron chi connectivity index (χ3n) is 11.4. The summed E-state index contributed by atoms with van der Waals surface area (Å²) in [6.07, 6.45) is 9.89. The standard InChI is InChI=1S/C25H30N2O5.C25H28N2O4.H2P2S/c1-17(2)32-23-7-6-19(13-18(23)3)24(30)27-11-8-25(31,9-12-27)15-21(28)14-22(29)20-5-4-10-26-16-20;1-17(2)30-22-7-6-19(13-18(22)3)24(29)27-11-8-25(9-12-27)15-21(28)14-23(31-25)20-5-4-10-26-16-20;1-2-3/h4-7,10,13,16-17,31H,8-9,11-12,14-15H2,1-3H3;4-7,10,13-14,16-17H,8-9,11-12,15H2,1-3H3;1H2/p+1/i/hT. The third kappa shape index (κ3) is 14.6. The molecular weight excluding hydrogens is 895 g/mol. The number of rotatable bonds is 12. The highest BCUT2D eigenvalue weighted by Crippen LogP contribution is 2.39. The van der Waals surface area contributed by atoms with Gasteiger partial charge in [-0.2, -0.15) is 0 Å². The van der Waals surface area contributed by atoms with Gasteiger partial charge < -0.3 is 29.1 Å². The summed E-state index contributed by atoms with van der Waals surface area (Å²) < 4.78 is 24.3. The molecule has 4 aromatic rings. The number of aliphatic hydroxyl groups is 1. The summed E-state index contributed by atoms with van der Waals surface area (Å²) >= 11 is 4.31. The Hall–Kier alpha value is -5.26. The zero-order chi connectivity index (χ0) is 48.9. The number of aryl methyl sites for hydroxylation is 2. The monoisotopic (exact) mass is 957 g/mol. The molecule has 5 heterocycles. The first-order chi connectivity index (χ1) is 31.7. The van der Waals surface area contributed by atoms with E-state index in [2.05, 4.69) is 30.7 Å². The number of benzene rings is 2. The molecule has 350 valence electrons. The fourth-order valence-electron chi connectivity index (χ4n) is 8.10. The number of ether oxygens (including phenoxy) is 3. The number of likely N-dealkylation sites (tertiary alicyclic amines) is 2. The van der Waals surface area contributed by atoms with Crippen LogP contribution in [0.2, 0.25) is 0 Å². The molecular formula is C50H61N4O9P2S+. The second-order valence-corrected chi connectivity index (χ2v) is 20.2. The van der Waals surface area contributed by atoms with E-state index in [-0.39, 0.29) is 54.2 Å². The fourth-order valence-corrected chi connectivity index (χ4v) is 8.10. The van der Waals surface area contributed by atoms with E-state index in [1.54, 1.807) is 53.8 Å². The molecule has 2 fully saturated rings. The lowest BCUT2D eigenvalue weighted by Gasteiger charge is -2.43. The molecule has 2 aromatic carbocycles. The van der Waals surface area contributed by atoms with Gasteiger partial charge in [-0.3, -0.25) is 33.9 Å². The first kappa shape index (κ1) is 50.2. The molecule has 0 aliphatic carbocycles. The molecule has 0 radical (unpaired) electrons. The number of pyridine rings is 2. The Morgan fingerprint density at radius 3 is 1.77 bits per heavy atom. The van der Waals surface area contributed by atoms with Crippen molar-refractivity contribution in [1.29, 1.82) is 1.28 Å². The zero-order valence-electron chi connectivity index (χ0n) is 39.5. The Labute approximate surface area is 397 Å². The van der Waals surface area contributed by atoms with Gasteiger partial charge in [-0.15, -0.1) is 0 Å². The van der Waals surface area contributed by atoms with E-state index >= 15 is 0 Å². The number of piperidine rings is 2. The number of ketones is 3. The van der Waals surface area contributed by atoms with E-state index < -0.39 is 18.2 Å². The average molecular weight is 958 g/mol. The molecule has 2 unspecified atom stereocenters. The van der Waals surface area contributed by atoms with E-state index in [1.165, 1.54) is 6.20 Å². The maximum Gasteiger partial charge on any atom is 0.355 e. The van der Waals surface area contributed by atoms with E-state index in [0.717, 1.165) is 28.2 Å². The molecule has 3 aliphatic heterocycles. The molecule has 2 amide bonds. The molecule has 13 nitrogen and oxygen atoms in total. The molecule has 0 bridgehead atoms. The van der Waals surface area contributed by atoms with Crippen LogP contribution in [-0.2, 0) is 26.1 Å². The van der Waals surface area contributed by atoms with Crippen LogP contribution in [0.1, 0.15) is 120 Å². The van der Waals surface area contributed by atoms with Gasteiger partial charge in [0, 0.05) is 98.6 Å². The van der Waals surface area contributed by atoms with Crippen molar-refractivity contribution < 1.29 is 43.3 Å². The van der Waals surface area contributed by atoms with Gasteiger partial charge in [-0.05, 0) is 126 Å². The quantitative estimate of drug-likeness (QED) is 0.0819. The largest absolute Gasteiger partial charge is 0.491 e. The lowest BCUT2D eigenvalue weighted by Crippen LogP contribution is -2.49. The molecule has 7 rings (SSSR count). The Kier molecular flexibility index (Phi) is 18.2. The van der Waals surface area contributed by atoms with Gasteiger partial charge in [0.2, 0.25) is 0 Å². The summed E-state index contributed by atoms with van der Waals surface area (Å²) in [7, 11) is 2.20. The van der Waals surface area contributed by atoms with Crippen molar-refractivity contribution in [2.24, 2.45) is 0 Å². The van der Waals surface area contributed by atoms with Gasteiger partial charge in [-0.1, -0.05) is 0 Å². The lowest BCUT2D eigenvalue weighted by molar-refractivity contribution is -0.125. The van der Waals surface area contributed by atoms with Crippen molar-refractivity contribution in [3.8, 4) is 11.5 Å². The van der Waals surface area contributed by atoms with Crippen LogP contribution in [-0.4, -0.2) is 105 Å². The Bertz CT molecular complexity index is 2440. The molecule has 1 N–H and O–H groups in total. The Balaban J connectivity index is 0.000000232. The van der Waals surface area contributed by atoms with Gasteiger partial charge >= 0.3 is 1.28 Å². The van der Waals surface area contributed by atoms with E-state index in [4.69, 9.17) is 15.5 Å². The minimum Gasteiger partial charge on any atom is -0.491 e. The number of carbonyl (C=O) groups excluding carboxylic acids is 5. The Morgan fingerprint density at radius 1 is 0.818 bits per heavy atom. The van der Waals surface area contributed by atoms with Crippen molar-refractivity contribution in [2.45, 2.75) is 110 Å². The number of hydrogen-bond donors (Lipinski definition) is 1. The highest BCUT2D eigenvalue weighted by Gasteiger charge is 2.43. The number of carbonyl (C=O) groups is 5. The van der Waals surface area contributed by atoms with Crippen LogP contribution >= 0.6 is 15.9 Å². The lowest BCUT2D eigenvalue weighted by atomic mass is 9.84. The molecule has 66 heavy (non-hydrogen) atoms. The maximum absolute atomic E-state index is 13.1. The van der Waals surface area contributed by atoms with Gasteiger partial charge in [-0.25, -0.2) is 0 Å². The molecule has 2 atom stereocenters. The molecule has 3 aliphatic rings. The van der Waals surface area contributed by atoms with Crippen LogP contribution in [0.15, 0.2) is 91.5 Å². The number of hydrogen-bond acceptors (Lipinski definition) is 12. The van der Waals surface area contributed by atoms with Gasteiger partial charge in [0.15, 0.2) is 30.4 Å². The van der Waals surface area contributed by atoms with Crippen LogP contribution < -0.4 is 9.47 Å². The summed E-state index contributed by atoms with van der Waals surface area (Å²) in [5, 5.41) is 10.9. The third-order valence-corrected chi connectivity index (χ3v) is 11.4. The van der Waals surface area contributed by atoms with Crippen LogP contribution in [0.4, 0.5) is 0 Å². The molecule has 2 saturated heterocycles. The summed E-state index contributed by atoms with van der Waals surface area (Å²) in [4.78, 5) is 74.5. The summed E-state index contributed by atoms with van der Waals surface area (Å²) in [6, 6.07) is 17.9. The van der Waals surface area contributed by atoms with Crippen LogP contribution in [0.25, 0.3) is 5.76 Å². The van der Waals surface area contributed by atoms with E-state index in [9.17, 15) is 29.1 Å². The van der Waals surface area contributed by atoms with Crippen LogP contribution in [0, 0.1) is 13.8 Å². The van der Waals surface area contributed by atoms with E-state index in [1.807, 2.05) is 82.8 Å². The molecule has 0 saturated carbocycles. The highest BCUT2D eigenvalue weighted by molar-refractivity contribution is 8.24. The van der Waals surface area contributed by atoms with Crippen LogP contribution in [0.3, 0.4) is 0 Å². The molecule has 1 spiro atoms. The second-order valence-electron chi connectivity index (χ2n) is 17.4.